The molecule has 1 aliphatic carbocycles. The summed E-state index contributed by atoms with van der Waals surface area (Å²) >= 11 is 6.26. The number of fused-ring (bicyclic) bond motifs is 2. The van der Waals surface area contributed by atoms with Crippen molar-refractivity contribution in [2.24, 2.45) is 5.92 Å². The summed E-state index contributed by atoms with van der Waals surface area (Å²) in [4.78, 5) is 72.2. The first-order chi connectivity index (χ1) is 27.0. The lowest BCUT2D eigenvalue weighted by atomic mass is 9.90. The third kappa shape index (κ3) is 7.62. The Hall–Kier alpha value is -5.25. The molecule has 3 aromatic carbocycles. The van der Waals surface area contributed by atoms with Gasteiger partial charge in [0.2, 0.25) is 17.7 Å². The van der Waals surface area contributed by atoms with Gasteiger partial charge in [-0.25, -0.2) is 0 Å². The van der Waals surface area contributed by atoms with Crippen molar-refractivity contribution in [3.63, 3.8) is 0 Å². The fourth-order valence-electron chi connectivity index (χ4n) is 9.15. The molecule has 56 heavy (non-hydrogen) atoms. The second kappa shape index (κ2) is 15.7. The molecule has 3 fully saturated rings. The maximum absolute atomic E-state index is 13.7. The molecule has 13 heteroatoms. The molecule has 5 amide bonds. The van der Waals surface area contributed by atoms with E-state index in [0.29, 0.717) is 53.8 Å². The van der Waals surface area contributed by atoms with E-state index in [1.54, 1.807) is 11.0 Å². The molecule has 1 saturated carbocycles. The highest BCUT2D eigenvalue weighted by atomic mass is 35.5. The molecular formula is C43H46ClN7O5. The summed E-state index contributed by atoms with van der Waals surface area (Å²) in [6.45, 7) is 3.71. The van der Waals surface area contributed by atoms with Crippen molar-refractivity contribution in [3.05, 3.63) is 98.6 Å². The van der Waals surface area contributed by atoms with Gasteiger partial charge in [0.1, 0.15) is 12.1 Å². The number of likely N-dealkylation sites (tertiary alicyclic amines) is 1. The van der Waals surface area contributed by atoms with Crippen molar-refractivity contribution in [1.82, 2.24) is 25.3 Å². The molecule has 12 nitrogen and oxygen atoms in total. The summed E-state index contributed by atoms with van der Waals surface area (Å²) in [5, 5.41) is 15.2. The number of rotatable bonds is 8. The zero-order chi connectivity index (χ0) is 39.1. The van der Waals surface area contributed by atoms with Crippen molar-refractivity contribution in [1.29, 1.82) is 5.26 Å². The van der Waals surface area contributed by atoms with E-state index >= 15 is 0 Å². The Balaban J connectivity index is 0.770. The van der Waals surface area contributed by atoms with E-state index in [-0.39, 0.29) is 42.0 Å². The van der Waals surface area contributed by atoms with Crippen LogP contribution in [-0.2, 0) is 40.6 Å². The number of nitrogens with one attached hydrogen (secondary N) is 2. The molecule has 3 aromatic rings. The van der Waals surface area contributed by atoms with Crippen LogP contribution in [0.2, 0.25) is 5.02 Å². The van der Waals surface area contributed by atoms with E-state index < -0.39 is 11.9 Å². The lowest BCUT2D eigenvalue weighted by Gasteiger charge is -2.36. The maximum atomic E-state index is 13.7. The molecule has 0 radical (unpaired) electrons. The number of piperidine rings is 2. The SMILES string of the molecule is CN(c1ccc(C#N)c(Cl)c1)[C@H]1CC[C@H](NC(=O)c2ccc(CN3CCC(C(=O)N4Cc5cc6c(cc5C4)C(=O)N(C4CCC(=O)NC4=O)C6)CC3)cc2)CC1. The summed E-state index contributed by atoms with van der Waals surface area (Å²) in [6, 6.07) is 19.2. The van der Waals surface area contributed by atoms with Gasteiger partial charge in [-0.1, -0.05) is 29.8 Å². The normalized spacial score (nSPS) is 22.7. The Morgan fingerprint density at radius 2 is 1.61 bits per heavy atom. The number of amides is 5. The molecule has 0 aromatic heterocycles. The number of carbonyl (C=O) groups is 5. The van der Waals surface area contributed by atoms with Crippen LogP contribution in [0.5, 0.6) is 0 Å². The van der Waals surface area contributed by atoms with Crippen LogP contribution >= 0.6 is 11.6 Å². The smallest absolute Gasteiger partial charge is 0.255 e. The quantitative estimate of drug-likeness (QED) is 0.308. The van der Waals surface area contributed by atoms with E-state index in [0.717, 1.165) is 86.1 Å². The van der Waals surface area contributed by atoms with Gasteiger partial charge in [-0.2, -0.15) is 5.26 Å². The average Bonchev–Trinajstić information content (AvgIpc) is 3.77. The van der Waals surface area contributed by atoms with E-state index in [9.17, 15) is 29.2 Å². The van der Waals surface area contributed by atoms with Gasteiger partial charge in [-0.15, -0.1) is 0 Å². The summed E-state index contributed by atoms with van der Waals surface area (Å²) in [5.74, 6) is -0.862. The predicted octanol–water partition coefficient (Wildman–Crippen LogP) is 4.90. The van der Waals surface area contributed by atoms with Crippen LogP contribution in [0.4, 0.5) is 5.69 Å². The first-order valence-electron chi connectivity index (χ1n) is 19.7. The predicted molar refractivity (Wildman–Crippen MR) is 209 cm³/mol. The molecule has 5 aliphatic rings. The Bertz CT molecular complexity index is 2120. The van der Waals surface area contributed by atoms with Crippen LogP contribution in [-0.4, -0.2) is 82.5 Å². The van der Waals surface area contributed by atoms with Gasteiger partial charge in [0.25, 0.3) is 11.8 Å². The minimum Gasteiger partial charge on any atom is -0.372 e. The fourth-order valence-corrected chi connectivity index (χ4v) is 9.36. The molecule has 4 heterocycles. The molecule has 2 N–H and O–H groups in total. The van der Waals surface area contributed by atoms with Crippen LogP contribution in [0, 0.1) is 17.2 Å². The van der Waals surface area contributed by atoms with E-state index in [1.165, 1.54) is 0 Å². The number of hydrogen-bond donors (Lipinski definition) is 2. The zero-order valence-electron chi connectivity index (χ0n) is 31.6. The lowest BCUT2D eigenvalue weighted by Crippen LogP contribution is -2.52. The fraction of sp³-hybridized carbons (Fsp3) is 0.442. The number of nitriles is 1. The van der Waals surface area contributed by atoms with Crippen LogP contribution < -0.4 is 15.5 Å². The van der Waals surface area contributed by atoms with Gasteiger partial charge in [-0.05, 0) is 117 Å². The first-order valence-corrected chi connectivity index (χ1v) is 20.0. The Labute approximate surface area is 331 Å². The zero-order valence-corrected chi connectivity index (χ0v) is 32.3. The summed E-state index contributed by atoms with van der Waals surface area (Å²) in [5.41, 5.74) is 6.72. The summed E-state index contributed by atoms with van der Waals surface area (Å²) in [6.07, 6.45) is 5.79. The van der Waals surface area contributed by atoms with Crippen LogP contribution in [0.15, 0.2) is 54.6 Å². The molecule has 2 saturated heterocycles. The maximum Gasteiger partial charge on any atom is 0.255 e. The largest absolute Gasteiger partial charge is 0.372 e. The highest BCUT2D eigenvalue weighted by molar-refractivity contribution is 6.32. The molecular weight excluding hydrogens is 730 g/mol. The molecule has 290 valence electrons. The standard InChI is InChI=1S/C43H46ClN7O5/c1-48(35-9-6-29(21-45)37(44)20-35)34-10-7-33(8-11-34)46-40(53)27-4-2-26(3-5-27)22-49-16-14-28(15-17-49)42(55)50-23-30-18-32-25-51(38-12-13-39(52)47-41(38)54)43(56)36(32)19-31(30)24-50/h2-6,9,18-20,28,33-34,38H,7-8,10-17,22-25H2,1H3,(H,46,53)(H,47,52,54)/t33-,34-,38?. The van der Waals surface area contributed by atoms with E-state index in [2.05, 4.69) is 33.6 Å². The second-order valence-electron chi connectivity index (χ2n) is 16.0. The summed E-state index contributed by atoms with van der Waals surface area (Å²) in [7, 11) is 2.05. The molecule has 1 atom stereocenters. The number of nitrogens with zero attached hydrogens (tertiary/aromatic N) is 5. The van der Waals surface area contributed by atoms with Gasteiger partial charge >= 0.3 is 0 Å². The topological polar surface area (TPSA) is 146 Å². The molecule has 4 aliphatic heterocycles. The van der Waals surface area contributed by atoms with Gasteiger partial charge in [0, 0.05) is 74.5 Å². The Kier molecular flexibility index (Phi) is 10.6. The monoisotopic (exact) mass is 775 g/mol. The molecule has 0 bridgehead atoms. The Morgan fingerprint density at radius 1 is 0.893 bits per heavy atom. The second-order valence-corrected chi connectivity index (χ2v) is 16.4. The minimum absolute atomic E-state index is 0.0481. The highest BCUT2D eigenvalue weighted by Gasteiger charge is 2.41. The van der Waals surface area contributed by atoms with Crippen molar-refractivity contribution in [2.75, 3.05) is 25.0 Å². The van der Waals surface area contributed by atoms with E-state index in [1.807, 2.05) is 53.4 Å². The van der Waals surface area contributed by atoms with Gasteiger partial charge < -0.3 is 20.0 Å². The lowest BCUT2D eigenvalue weighted by molar-refractivity contribution is -0.138. The number of anilines is 1. The number of halogens is 1. The molecule has 1 unspecified atom stereocenters. The number of hydrogen-bond acceptors (Lipinski definition) is 8. The van der Waals surface area contributed by atoms with Gasteiger partial charge in [0.15, 0.2) is 0 Å². The number of carbonyl (C=O) groups excluding carboxylic acids is 5. The number of imide groups is 1. The third-order valence-electron chi connectivity index (χ3n) is 12.5. The first kappa shape index (κ1) is 37.7. The third-order valence-corrected chi connectivity index (χ3v) is 12.8. The Morgan fingerprint density at radius 3 is 2.29 bits per heavy atom. The number of benzene rings is 3. The molecule has 8 rings (SSSR count). The highest BCUT2D eigenvalue weighted by Crippen LogP contribution is 2.35. The summed E-state index contributed by atoms with van der Waals surface area (Å²) < 4.78 is 0. The minimum atomic E-state index is -0.642. The van der Waals surface area contributed by atoms with Crippen LogP contribution in [0.3, 0.4) is 0 Å². The molecule has 0 spiro atoms. The van der Waals surface area contributed by atoms with Crippen molar-refractivity contribution >= 4 is 46.8 Å². The van der Waals surface area contributed by atoms with Gasteiger partial charge in [0.05, 0.1) is 10.6 Å². The van der Waals surface area contributed by atoms with E-state index in [4.69, 9.17) is 11.6 Å². The van der Waals surface area contributed by atoms with Crippen molar-refractivity contribution < 1.29 is 24.0 Å². The van der Waals surface area contributed by atoms with Crippen LogP contribution in [0.1, 0.15) is 99.9 Å². The van der Waals surface area contributed by atoms with Gasteiger partial charge in [-0.3, -0.25) is 34.2 Å². The average molecular weight is 776 g/mol. The van der Waals surface area contributed by atoms with Crippen LogP contribution in [0.25, 0.3) is 0 Å². The van der Waals surface area contributed by atoms with Crippen molar-refractivity contribution in [2.45, 2.75) is 95.7 Å². The van der Waals surface area contributed by atoms with Crippen molar-refractivity contribution in [3.8, 4) is 6.07 Å².